The van der Waals surface area contributed by atoms with E-state index in [1.54, 1.807) is 7.05 Å². The number of nitrogens with one attached hydrogen (secondary N) is 1. The SMILES string of the molecule is CNC(CCN(C)c1cc(C)cc(C)c1)C(=O)O. The minimum Gasteiger partial charge on any atom is -0.480 e. The second kappa shape index (κ2) is 6.40. The zero-order chi connectivity index (χ0) is 13.7. The molecule has 0 spiro atoms. The van der Waals surface area contributed by atoms with Crippen molar-refractivity contribution in [3.8, 4) is 0 Å². The molecule has 0 amide bonds. The summed E-state index contributed by atoms with van der Waals surface area (Å²) in [4.78, 5) is 13.0. The number of carboxylic acids is 1. The topological polar surface area (TPSA) is 52.6 Å². The molecule has 4 nitrogen and oxygen atoms in total. The summed E-state index contributed by atoms with van der Waals surface area (Å²) in [6.45, 7) is 4.84. The highest BCUT2D eigenvalue weighted by Crippen LogP contribution is 2.17. The van der Waals surface area contributed by atoms with E-state index in [9.17, 15) is 4.79 Å². The second-order valence-electron chi connectivity index (χ2n) is 4.74. The first-order valence-corrected chi connectivity index (χ1v) is 6.13. The Kier molecular flexibility index (Phi) is 5.16. The molecule has 0 aliphatic rings. The zero-order valence-electron chi connectivity index (χ0n) is 11.5. The number of hydrogen-bond donors (Lipinski definition) is 2. The molecular formula is C14H22N2O2. The molecule has 2 N–H and O–H groups in total. The van der Waals surface area contributed by atoms with Crippen molar-refractivity contribution in [1.29, 1.82) is 0 Å². The number of carbonyl (C=O) groups is 1. The highest BCUT2D eigenvalue weighted by Gasteiger charge is 2.15. The van der Waals surface area contributed by atoms with Crippen molar-refractivity contribution in [2.45, 2.75) is 26.3 Å². The van der Waals surface area contributed by atoms with Crippen LogP contribution in [0.3, 0.4) is 0 Å². The Hall–Kier alpha value is -1.55. The molecule has 0 fully saturated rings. The maximum Gasteiger partial charge on any atom is 0.320 e. The third-order valence-electron chi connectivity index (χ3n) is 3.05. The highest BCUT2D eigenvalue weighted by atomic mass is 16.4. The van der Waals surface area contributed by atoms with Gasteiger partial charge in [-0.05, 0) is 50.6 Å². The first-order chi connectivity index (χ1) is 8.43. The van der Waals surface area contributed by atoms with Gasteiger partial charge in [0.2, 0.25) is 0 Å². The van der Waals surface area contributed by atoms with Crippen molar-refractivity contribution in [3.63, 3.8) is 0 Å². The van der Waals surface area contributed by atoms with E-state index in [1.807, 2.05) is 7.05 Å². The maximum absolute atomic E-state index is 10.9. The van der Waals surface area contributed by atoms with E-state index in [0.717, 1.165) is 5.69 Å². The van der Waals surface area contributed by atoms with Gasteiger partial charge >= 0.3 is 5.97 Å². The van der Waals surface area contributed by atoms with Crippen LogP contribution in [0.1, 0.15) is 17.5 Å². The first kappa shape index (κ1) is 14.5. The third kappa shape index (κ3) is 4.04. The average Bonchev–Trinajstić information content (AvgIpc) is 2.27. The van der Waals surface area contributed by atoms with Gasteiger partial charge < -0.3 is 15.3 Å². The fourth-order valence-electron chi connectivity index (χ4n) is 2.01. The van der Waals surface area contributed by atoms with Crippen LogP contribution in [0.4, 0.5) is 5.69 Å². The van der Waals surface area contributed by atoms with Gasteiger partial charge in [-0.15, -0.1) is 0 Å². The van der Waals surface area contributed by atoms with Gasteiger partial charge in [0.1, 0.15) is 6.04 Å². The molecule has 18 heavy (non-hydrogen) atoms. The monoisotopic (exact) mass is 250 g/mol. The maximum atomic E-state index is 10.9. The molecule has 100 valence electrons. The predicted molar refractivity (Wildman–Crippen MR) is 74.3 cm³/mol. The van der Waals surface area contributed by atoms with Crippen LogP contribution in [0.15, 0.2) is 18.2 Å². The Bertz CT molecular complexity index is 398. The molecule has 0 heterocycles. The fraction of sp³-hybridized carbons (Fsp3) is 0.500. The summed E-state index contributed by atoms with van der Waals surface area (Å²) in [6, 6.07) is 5.87. The molecule has 1 aromatic rings. The standard InChI is InChI=1S/C14H22N2O2/c1-10-7-11(2)9-12(8-10)16(4)6-5-13(15-3)14(17)18/h7-9,13,15H,5-6H2,1-4H3,(H,17,18). The molecule has 0 aromatic heterocycles. The van der Waals surface area contributed by atoms with Gasteiger partial charge in [-0.1, -0.05) is 6.07 Å². The summed E-state index contributed by atoms with van der Waals surface area (Å²) < 4.78 is 0. The lowest BCUT2D eigenvalue weighted by molar-refractivity contribution is -0.139. The summed E-state index contributed by atoms with van der Waals surface area (Å²) >= 11 is 0. The number of aryl methyl sites for hydroxylation is 2. The van der Waals surface area contributed by atoms with Crippen molar-refractivity contribution in [1.82, 2.24) is 5.32 Å². The quantitative estimate of drug-likeness (QED) is 0.808. The van der Waals surface area contributed by atoms with E-state index in [-0.39, 0.29) is 0 Å². The number of rotatable bonds is 6. The number of benzene rings is 1. The largest absolute Gasteiger partial charge is 0.480 e. The lowest BCUT2D eigenvalue weighted by atomic mass is 10.1. The van der Waals surface area contributed by atoms with Crippen molar-refractivity contribution in [2.75, 3.05) is 25.5 Å². The number of aliphatic carboxylic acids is 1. The Balaban J connectivity index is 2.64. The summed E-state index contributed by atoms with van der Waals surface area (Å²) in [5.41, 5.74) is 3.58. The molecule has 0 saturated heterocycles. The smallest absolute Gasteiger partial charge is 0.320 e. The van der Waals surface area contributed by atoms with Crippen LogP contribution in [0, 0.1) is 13.8 Å². The molecule has 0 aliphatic heterocycles. The number of nitrogens with zero attached hydrogens (tertiary/aromatic N) is 1. The predicted octanol–water partition coefficient (Wildman–Crippen LogP) is 1.80. The van der Waals surface area contributed by atoms with Crippen LogP contribution in [0.5, 0.6) is 0 Å². The lowest BCUT2D eigenvalue weighted by Crippen LogP contribution is -2.37. The Morgan fingerprint density at radius 3 is 2.33 bits per heavy atom. The van der Waals surface area contributed by atoms with Gasteiger partial charge in [0.25, 0.3) is 0 Å². The van der Waals surface area contributed by atoms with Crippen molar-refractivity contribution >= 4 is 11.7 Å². The minimum atomic E-state index is -0.800. The molecule has 0 radical (unpaired) electrons. The van der Waals surface area contributed by atoms with Crippen LogP contribution in [-0.4, -0.2) is 37.8 Å². The van der Waals surface area contributed by atoms with Crippen LogP contribution in [0.2, 0.25) is 0 Å². The molecule has 1 aromatic carbocycles. The van der Waals surface area contributed by atoms with Crippen LogP contribution in [0.25, 0.3) is 0 Å². The molecule has 4 heteroatoms. The number of hydrogen-bond acceptors (Lipinski definition) is 3. The van der Waals surface area contributed by atoms with E-state index in [1.165, 1.54) is 11.1 Å². The Morgan fingerprint density at radius 2 is 1.89 bits per heavy atom. The summed E-state index contributed by atoms with van der Waals surface area (Å²) in [7, 11) is 3.67. The molecule has 1 atom stereocenters. The van der Waals surface area contributed by atoms with E-state index in [0.29, 0.717) is 13.0 Å². The zero-order valence-corrected chi connectivity index (χ0v) is 11.5. The number of anilines is 1. The van der Waals surface area contributed by atoms with Gasteiger partial charge in [0.05, 0.1) is 0 Å². The van der Waals surface area contributed by atoms with E-state index in [4.69, 9.17) is 5.11 Å². The van der Waals surface area contributed by atoms with Gasteiger partial charge in [-0.25, -0.2) is 0 Å². The van der Waals surface area contributed by atoms with Crippen LogP contribution in [-0.2, 0) is 4.79 Å². The van der Waals surface area contributed by atoms with Crippen molar-refractivity contribution in [2.24, 2.45) is 0 Å². The van der Waals surface area contributed by atoms with E-state index >= 15 is 0 Å². The molecule has 1 rings (SSSR count). The Morgan fingerprint density at radius 1 is 1.33 bits per heavy atom. The second-order valence-corrected chi connectivity index (χ2v) is 4.74. The number of carboxylic acid groups (broad SMARTS) is 1. The summed E-state index contributed by atoms with van der Waals surface area (Å²) in [5, 5.41) is 11.8. The van der Waals surface area contributed by atoms with E-state index < -0.39 is 12.0 Å². The average molecular weight is 250 g/mol. The molecule has 0 bridgehead atoms. The normalized spacial score (nSPS) is 12.2. The van der Waals surface area contributed by atoms with Gasteiger partial charge in [-0.3, -0.25) is 4.79 Å². The van der Waals surface area contributed by atoms with Gasteiger partial charge in [-0.2, -0.15) is 0 Å². The highest BCUT2D eigenvalue weighted by molar-refractivity contribution is 5.73. The molecule has 1 unspecified atom stereocenters. The fourth-order valence-corrected chi connectivity index (χ4v) is 2.01. The van der Waals surface area contributed by atoms with Gasteiger partial charge in [0.15, 0.2) is 0 Å². The number of likely N-dealkylation sites (N-methyl/N-ethyl adjacent to an activating group) is 1. The van der Waals surface area contributed by atoms with Crippen molar-refractivity contribution < 1.29 is 9.90 Å². The van der Waals surface area contributed by atoms with Crippen molar-refractivity contribution in [3.05, 3.63) is 29.3 Å². The summed E-state index contributed by atoms with van der Waals surface area (Å²) in [6.07, 6.45) is 0.579. The first-order valence-electron chi connectivity index (χ1n) is 6.13. The Labute approximate surface area is 109 Å². The van der Waals surface area contributed by atoms with Gasteiger partial charge in [0, 0.05) is 19.3 Å². The molecule has 0 saturated carbocycles. The van der Waals surface area contributed by atoms with Crippen LogP contribution < -0.4 is 10.2 Å². The molecular weight excluding hydrogens is 228 g/mol. The minimum absolute atomic E-state index is 0.488. The third-order valence-corrected chi connectivity index (χ3v) is 3.05. The summed E-state index contributed by atoms with van der Waals surface area (Å²) in [5.74, 6) is -0.800. The molecule has 0 aliphatic carbocycles. The van der Waals surface area contributed by atoms with E-state index in [2.05, 4.69) is 42.3 Å². The lowest BCUT2D eigenvalue weighted by Gasteiger charge is -2.22. The van der Waals surface area contributed by atoms with Crippen LogP contribution >= 0.6 is 0 Å².